The summed E-state index contributed by atoms with van der Waals surface area (Å²) in [6, 6.07) is 0. The van der Waals surface area contributed by atoms with Crippen LogP contribution in [0.4, 0.5) is 0 Å². The highest BCUT2D eigenvalue weighted by Gasteiger charge is 2.70. The van der Waals surface area contributed by atoms with Gasteiger partial charge in [0.05, 0.1) is 36.9 Å². The quantitative estimate of drug-likeness (QED) is 0.0560. The summed E-state index contributed by atoms with van der Waals surface area (Å²) >= 11 is 0. The van der Waals surface area contributed by atoms with Gasteiger partial charge in [-0.05, 0) is 123 Å². The lowest BCUT2D eigenvalue weighted by Gasteiger charge is -2.71. The van der Waals surface area contributed by atoms with Crippen LogP contribution in [-0.4, -0.2) is 256 Å². The van der Waals surface area contributed by atoms with E-state index in [1.54, 1.807) is 0 Å². The number of carbonyl (C=O) groups is 1. The van der Waals surface area contributed by atoms with E-state index in [0.717, 1.165) is 25.7 Å². The molecule has 5 aliphatic carbocycles. The van der Waals surface area contributed by atoms with Crippen LogP contribution in [0.15, 0.2) is 11.6 Å². The molecule has 33 atom stereocenters. The molecule has 0 radical (unpaired) electrons. The van der Waals surface area contributed by atoms with E-state index in [4.69, 9.17) is 47.4 Å². The molecule has 33 unspecified atom stereocenters. The molecule has 26 nitrogen and oxygen atoms in total. The predicted octanol–water partition coefficient (Wildman–Crippen LogP) is -2.20. The number of ether oxygens (including phenoxy) is 10. The summed E-state index contributed by atoms with van der Waals surface area (Å²) in [6.07, 6.45) is -31.9. The van der Waals surface area contributed by atoms with E-state index in [0.29, 0.717) is 38.5 Å². The number of rotatable bonds is 12. The fourth-order valence-corrected chi connectivity index (χ4v) is 17.5. The molecule has 0 aromatic heterocycles. The van der Waals surface area contributed by atoms with Gasteiger partial charge in [-0.25, -0.2) is 0 Å². The van der Waals surface area contributed by atoms with Gasteiger partial charge in [-0.2, -0.15) is 0 Å². The maximum Gasteiger partial charge on any atom is 0.315 e. The third-order valence-corrected chi connectivity index (χ3v) is 23.1. The van der Waals surface area contributed by atoms with Gasteiger partial charge in [-0.1, -0.05) is 60.1 Å². The molecule has 5 heterocycles. The highest BCUT2D eigenvalue weighted by Crippen LogP contribution is 2.76. The fourth-order valence-electron chi connectivity index (χ4n) is 17.5. The lowest BCUT2D eigenvalue weighted by molar-refractivity contribution is -0.394. The van der Waals surface area contributed by atoms with Crippen LogP contribution in [0.1, 0.15) is 127 Å². The minimum absolute atomic E-state index is 0.0996. The summed E-state index contributed by atoms with van der Waals surface area (Å²) in [4.78, 5) is 15.2. The maximum absolute atomic E-state index is 15.2. The van der Waals surface area contributed by atoms with Crippen LogP contribution >= 0.6 is 0 Å². The average Bonchev–Trinajstić information content (AvgIpc) is 0.716. The Hall–Kier alpha value is -1.75. The predicted molar refractivity (Wildman–Crippen MR) is 288 cm³/mol. The van der Waals surface area contributed by atoms with Crippen molar-refractivity contribution in [3.8, 4) is 0 Å². The van der Waals surface area contributed by atoms with Gasteiger partial charge in [-0.3, -0.25) is 4.79 Å². The Labute approximate surface area is 494 Å². The van der Waals surface area contributed by atoms with Crippen LogP contribution in [0.3, 0.4) is 0 Å². The zero-order valence-electron chi connectivity index (χ0n) is 50.0. The molecule has 10 aliphatic rings. The Morgan fingerprint density at radius 1 is 0.529 bits per heavy atom. The molecule has 15 N–H and O–H groups in total. The first kappa shape index (κ1) is 66.2. The molecular formula is C59H96O26. The zero-order valence-corrected chi connectivity index (χ0v) is 50.0. The monoisotopic (exact) mass is 1220 g/mol. The van der Waals surface area contributed by atoms with Crippen molar-refractivity contribution < 1.29 is 129 Å². The average molecular weight is 1220 g/mol. The lowest BCUT2D eigenvalue weighted by atomic mass is 9.33. The number of hydrogen-bond donors (Lipinski definition) is 15. The molecule has 4 saturated carbocycles. The molecule has 0 bridgehead atoms. The minimum atomic E-state index is -1.90. The van der Waals surface area contributed by atoms with Crippen molar-refractivity contribution in [3.05, 3.63) is 11.6 Å². The smallest absolute Gasteiger partial charge is 0.315 e. The standard InChI is InChI=1S/C59H96O26/c1-23-32(61)35(64)41(70)49(77-23)82-45-27(21-60)79-48(44(73)39(45)68)76-22-28-34(63)37(66)43(72)51(80-28)85-53(75)59-18-16-54(3,4)20-26(59)25-10-11-30-56(7)14-13-31(55(5,6)29(56)12-15-58(30,9)57(25,8)17-19-59)81-52-46(38(67)40(69)47(74)84-52)83-50-42(71)36(65)33(62)24(2)78-50/h10,23-24,26-52,60-74H,11-22H2,1-9H3. The molecular weight excluding hydrogens is 1120 g/mol. The summed E-state index contributed by atoms with van der Waals surface area (Å²) in [5, 5.41) is 162. The zero-order chi connectivity index (χ0) is 62.2. The van der Waals surface area contributed by atoms with Crippen LogP contribution in [0.2, 0.25) is 0 Å². The third kappa shape index (κ3) is 11.1. The van der Waals surface area contributed by atoms with E-state index in [1.807, 2.05) is 0 Å². The highest BCUT2D eigenvalue weighted by molar-refractivity contribution is 5.79. The summed E-state index contributed by atoms with van der Waals surface area (Å²) in [5.74, 6) is -0.602. The van der Waals surface area contributed by atoms with Crippen molar-refractivity contribution in [2.24, 2.45) is 50.2 Å². The molecule has 26 heteroatoms. The van der Waals surface area contributed by atoms with Crippen LogP contribution in [0, 0.1) is 50.2 Å². The second kappa shape index (κ2) is 24.1. The molecule has 5 saturated heterocycles. The van der Waals surface area contributed by atoms with Crippen LogP contribution in [0.5, 0.6) is 0 Å². The topological polar surface area (TPSA) is 413 Å². The first-order valence-corrected chi connectivity index (χ1v) is 30.6. The largest absolute Gasteiger partial charge is 0.432 e. The number of esters is 1. The Morgan fingerprint density at radius 3 is 1.71 bits per heavy atom. The summed E-state index contributed by atoms with van der Waals surface area (Å²) < 4.78 is 59.2. The number of aliphatic hydroxyl groups is 15. The Kier molecular flexibility index (Phi) is 18.7. The third-order valence-electron chi connectivity index (χ3n) is 23.1. The van der Waals surface area contributed by atoms with Crippen LogP contribution in [0.25, 0.3) is 0 Å². The van der Waals surface area contributed by atoms with E-state index in [1.165, 1.54) is 19.4 Å². The molecule has 488 valence electrons. The molecule has 0 spiro atoms. The normalized spacial score (nSPS) is 55.0. The van der Waals surface area contributed by atoms with Gasteiger partial charge in [-0.15, -0.1) is 0 Å². The molecule has 0 amide bonds. The SMILES string of the molecule is CC1OC(OC2C(CO)OC(OCC3OC(OC(=O)C45CCC(C)(C)CC4C4=CCC6C7(C)CCC(OC8OC(O)C(O)C(O)C8OC8OC(C)C(O)C(O)C8O)C(C)(C)C7CCC6(C)C4(C)CC5)C(O)C(O)C3O)C(O)C2O)C(O)C(O)C1O. The minimum Gasteiger partial charge on any atom is -0.432 e. The second-order valence-corrected chi connectivity index (χ2v) is 28.8. The molecule has 9 fully saturated rings. The molecule has 5 aliphatic heterocycles. The summed E-state index contributed by atoms with van der Waals surface area (Å²) in [5.41, 5.74) is -1.40. The van der Waals surface area contributed by atoms with Crippen molar-refractivity contribution in [3.63, 3.8) is 0 Å². The van der Waals surface area contributed by atoms with E-state index < -0.39 is 190 Å². The van der Waals surface area contributed by atoms with Crippen LogP contribution < -0.4 is 0 Å². The van der Waals surface area contributed by atoms with Crippen molar-refractivity contribution in [2.45, 2.75) is 286 Å². The van der Waals surface area contributed by atoms with E-state index in [-0.39, 0.29) is 39.4 Å². The van der Waals surface area contributed by atoms with Gasteiger partial charge in [0.25, 0.3) is 0 Å². The first-order chi connectivity index (χ1) is 39.7. The highest BCUT2D eigenvalue weighted by atomic mass is 16.8. The number of hydrogen-bond acceptors (Lipinski definition) is 26. The molecule has 0 aromatic rings. The van der Waals surface area contributed by atoms with Crippen molar-refractivity contribution in [1.29, 1.82) is 0 Å². The van der Waals surface area contributed by atoms with Gasteiger partial charge >= 0.3 is 5.97 Å². The Morgan fingerprint density at radius 2 is 1.08 bits per heavy atom. The molecule has 0 aromatic carbocycles. The first-order valence-electron chi connectivity index (χ1n) is 30.6. The van der Waals surface area contributed by atoms with E-state index in [2.05, 4.69) is 54.5 Å². The van der Waals surface area contributed by atoms with Gasteiger partial charge in [0.2, 0.25) is 6.29 Å². The lowest BCUT2D eigenvalue weighted by Crippen LogP contribution is -2.67. The van der Waals surface area contributed by atoms with Gasteiger partial charge < -0.3 is 124 Å². The van der Waals surface area contributed by atoms with E-state index >= 15 is 4.79 Å². The number of carbonyl (C=O) groups excluding carboxylic acids is 1. The number of fused-ring (bicyclic) bond motifs is 7. The number of aliphatic hydroxyl groups excluding tert-OH is 15. The summed E-state index contributed by atoms with van der Waals surface area (Å²) in [6.45, 7) is 17.3. The Bertz CT molecular complexity index is 2380. The Balaban J connectivity index is 0.829. The van der Waals surface area contributed by atoms with Gasteiger partial charge in [0, 0.05) is 0 Å². The van der Waals surface area contributed by atoms with Gasteiger partial charge in [0.15, 0.2) is 31.5 Å². The molecule has 85 heavy (non-hydrogen) atoms. The van der Waals surface area contributed by atoms with Crippen molar-refractivity contribution in [2.75, 3.05) is 13.2 Å². The van der Waals surface area contributed by atoms with Crippen LogP contribution in [-0.2, 0) is 52.2 Å². The fraction of sp³-hybridized carbons (Fsp3) is 0.949. The van der Waals surface area contributed by atoms with Crippen molar-refractivity contribution in [1.82, 2.24) is 0 Å². The maximum atomic E-state index is 15.2. The molecule has 10 rings (SSSR count). The van der Waals surface area contributed by atoms with Gasteiger partial charge in [0.1, 0.15) is 104 Å². The van der Waals surface area contributed by atoms with Crippen molar-refractivity contribution >= 4 is 5.97 Å². The number of allylic oxidation sites excluding steroid dienone is 2. The summed E-state index contributed by atoms with van der Waals surface area (Å²) in [7, 11) is 0. The second-order valence-electron chi connectivity index (χ2n) is 28.8. The van der Waals surface area contributed by atoms with E-state index in [9.17, 15) is 76.6 Å².